The van der Waals surface area contributed by atoms with Gasteiger partial charge < -0.3 is 15.4 Å². The van der Waals surface area contributed by atoms with Crippen molar-refractivity contribution in [1.29, 1.82) is 0 Å². The van der Waals surface area contributed by atoms with Crippen LogP contribution in [0.5, 0.6) is 0 Å². The van der Waals surface area contributed by atoms with Crippen molar-refractivity contribution in [2.45, 2.75) is 13.3 Å². The summed E-state index contributed by atoms with van der Waals surface area (Å²) in [6, 6.07) is 8.60. The first-order chi connectivity index (χ1) is 9.47. The average molecular weight is 293 g/mol. The van der Waals surface area contributed by atoms with Gasteiger partial charge in [0.2, 0.25) is 5.91 Å². The zero-order valence-corrected chi connectivity index (χ0v) is 11.5. The van der Waals surface area contributed by atoms with Crippen molar-refractivity contribution in [3.05, 3.63) is 52.3 Å². The summed E-state index contributed by atoms with van der Waals surface area (Å²) in [5, 5.41) is 12.1. The van der Waals surface area contributed by atoms with E-state index in [0.29, 0.717) is 16.3 Å². The molecular formula is C14H13ClN2O3. The number of aromatic nitrogens is 1. The van der Waals surface area contributed by atoms with Crippen molar-refractivity contribution in [2.75, 3.05) is 5.32 Å². The molecule has 0 radical (unpaired) electrons. The number of amides is 1. The van der Waals surface area contributed by atoms with E-state index >= 15 is 0 Å². The van der Waals surface area contributed by atoms with Gasteiger partial charge in [-0.2, -0.15) is 0 Å². The maximum absolute atomic E-state index is 11.9. The molecule has 3 N–H and O–H groups in total. The molecule has 1 aromatic heterocycles. The zero-order valence-electron chi connectivity index (χ0n) is 10.7. The van der Waals surface area contributed by atoms with E-state index in [1.807, 2.05) is 0 Å². The van der Waals surface area contributed by atoms with Crippen LogP contribution in [0, 0.1) is 6.92 Å². The molecule has 2 rings (SSSR count). The summed E-state index contributed by atoms with van der Waals surface area (Å²) in [6.45, 7) is 1.72. The van der Waals surface area contributed by atoms with Crippen LogP contribution < -0.4 is 5.32 Å². The van der Waals surface area contributed by atoms with Crippen molar-refractivity contribution < 1.29 is 14.7 Å². The first-order valence-corrected chi connectivity index (χ1v) is 6.31. The first kappa shape index (κ1) is 14.1. The molecule has 0 saturated carbocycles. The standard InChI is InChI=1S/C14H13ClN2O3/c1-8-6-11(13(16-8)14(19)20)17-12(18)7-9-4-2-3-5-10(9)15/h2-6,16H,7H2,1H3,(H,17,18)(H,19,20). The number of carbonyl (C=O) groups is 2. The van der Waals surface area contributed by atoms with Crippen LogP contribution in [0.15, 0.2) is 30.3 Å². The summed E-state index contributed by atoms with van der Waals surface area (Å²) in [5.41, 5.74) is 1.58. The fourth-order valence-electron chi connectivity index (χ4n) is 1.87. The highest BCUT2D eigenvalue weighted by Crippen LogP contribution is 2.19. The third kappa shape index (κ3) is 3.19. The Morgan fingerprint density at radius 2 is 2.05 bits per heavy atom. The fourth-order valence-corrected chi connectivity index (χ4v) is 2.07. The lowest BCUT2D eigenvalue weighted by Crippen LogP contribution is -2.16. The van der Waals surface area contributed by atoms with Gasteiger partial charge in [0.25, 0.3) is 0 Å². The Hall–Kier alpha value is -2.27. The molecule has 1 heterocycles. The Morgan fingerprint density at radius 3 is 2.70 bits per heavy atom. The van der Waals surface area contributed by atoms with Gasteiger partial charge in [-0.05, 0) is 24.6 Å². The highest BCUT2D eigenvalue weighted by molar-refractivity contribution is 6.31. The minimum absolute atomic E-state index is 0.0324. The second-order valence-corrected chi connectivity index (χ2v) is 4.77. The number of carbonyl (C=O) groups excluding carboxylic acids is 1. The molecule has 20 heavy (non-hydrogen) atoms. The van der Waals surface area contributed by atoms with Gasteiger partial charge in [0, 0.05) is 10.7 Å². The topological polar surface area (TPSA) is 82.2 Å². The monoisotopic (exact) mass is 292 g/mol. The van der Waals surface area contributed by atoms with E-state index in [-0.39, 0.29) is 23.7 Å². The van der Waals surface area contributed by atoms with Crippen molar-refractivity contribution in [3.63, 3.8) is 0 Å². The van der Waals surface area contributed by atoms with Gasteiger partial charge in [0.05, 0.1) is 12.1 Å². The number of aryl methyl sites for hydroxylation is 1. The third-order valence-corrected chi connectivity index (χ3v) is 3.12. The van der Waals surface area contributed by atoms with Gasteiger partial charge in [-0.3, -0.25) is 4.79 Å². The Morgan fingerprint density at radius 1 is 1.35 bits per heavy atom. The number of nitrogens with one attached hydrogen (secondary N) is 2. The van der Waals surface area contributed by atoms with E-state index in [0.717, 1.165) is 0 Å². The molecule has 2 aromatic rings. The Bertz CT molecular complexity index is 664. The fraction of sp³-hybridized carbons (Fsp3) is 0.143. The van der Waals surface area contributed by atoms with Crippen molar-refractivity contribution in [2.24, 2.45) is 0 Å². The lowest BCUT2D eigenvalue weighted by Gasteiger charge is -2.06. The summed E-state index contributed by atoms with van der Waals surface area (Å²) < 4.78 is 0. The molecule has 0 aliphatic rings. The first-order valence-electron chi connectivity index (χ1n) is 5.93. The summed E-state index contributed by atoms with van der Waals surface area (Å²) in [4.78, 5) is 25.7. The minimum Gasteiger partial charge on any atom is -0.477 e. The predicted molar refractivity (Wildman–Crippen MR) is 76.3 cm³/mol. The lowest BCUT2D eigenvalue weighted by molar-refractivity contribution is -0.115. The number of hydrogen-bond acceptors (Lipinski definition) is 2. The number of H-pyrrole nitrogens is 1. The number of aromatic amines is 1. The molecule has 0 aliphatic carbocycles. The van der Waals surface area contributed by atoms with Crippen LogP contribution in [0.2, 0.25) is 5.02 Å². The number of rotatable bonds is 4. The van der Waals surface area contributed by atoms with Crippen LogP contribution in [0.25, 0.3) is 0 Å². The number of anilines is 1. The van der Waals surface area contributed by atoms with Gasteiger partial charge >= 0.3 is 5.97 Å². The molecule has 0 spiro atoms. The zero-order chi connectivity index (χ0) is 14.7. The molecular weight excluding hydrogens is 280 g/mol. The predicted octanol–water partition coefficient (Wildman–Crippen LogP) is 2.86. The SMILES string of the molecule is Cc1cc(NC(=O)Cc2ccccc2Cl)c(C(=O)O)[nH]1. The van der Waals surface area contributed by atoms with Crippen LogP contribution in [-0.2, 0) is 11.2 Å². The molecule has 0 unspecified atom stereocenters. The van der Waals surface area contributed by atoms with Gasteiger partial charge in [-0.1, -0.05) is 29.8 Å². The van der Waals surface area contributed by atoms with E-state index in [1.165, 1.54) is 0 Å². The normalized spacial score (nSPS) is 10.3. The van der Waals surface area contributed by atoms with Gasteiger partial charge in [-0.25, -0.2) is 4.79 Å². The molecule has 1 aromatic carbocycles. The maximum Gasteiger partial charge on any atom is 0.354 e. The maximum atomic E-state index is 11.9. The Balaban J connectivity index is 2.13. The summed E-state index contributed by atoms with van der Waals surface area (Å²) >= 11 is 5.98. The molecule has 104 valence electrons. The lowest BCUT2D eigenvalue weighted by atomic mass is 10.1. The van der Waals surface area contributed by atoms with E-state index < -0.39 is 5.97 Å². The number of aromatic carboxylic acids is 1. The number of benzene rings is 1. The smallest absolute Gasteiger partial charge is 0.354 e. The van der Waals surface area contributed by atoms with E-state index in [4.69, 9.17) is 16.7 Å². The molecule has 1 amide bonds. The second kappa shape index (κ2) is 5.79. The molecule has 0 aliphatic heterocycles. The minimum atomic E-state index is -1.12. The van der Waals surface area contributed by atoms with E-state index in [9.17, 15) is 9.59 Å². The van der Waals surface area contributed by atoms with Crippen molar-refractivity contribution in [1.82, 2.24) is 4.98 Å². The molecule has 6 heteroatoms. The molecule has 0 saturated heterocycles. The average Bonchev–Trinajstić information content (AvgIpc) is 2.73. The number of carboxylic acid groups (broad SMARTS) is 1. The molecule has 0 bridgehead atoms. The van der Waals surface area contributed by atoms with E-state index in [2.05, 4.69) is 10.3 Å². The third-order valence-electron chi connectivity index (χ3n) is 2.75. The van der Waals surface area contributed by atoms with Gasteiger partial charge in [-0.15, -0.1) is 0 Å². The van der Waals surface area contributed by atoms with Crippen molar-refractivity contribution >= 4 is 29.2 Å². The summed E-state index contributed by atoms with van der Waals surface area (Å²) in [7, 11) is 0. The number of carboxylic acids is 1. The second-order valence-electron chi connectivity index (χ2n) is 4.36. The van der Waals surface area contributed by atoms with Crippen LogP contribution >= 0.6 is 11.6 Å². The molecule has 0 fully saturated rings. The molecule has 0 atom stereocenters. The number of hydrogen-bond donors (Lipinski definition) is 3. The number of halogens is 1. The summed E-state index contributed by atoms with van der Waals surface area (Å²) in [5.74, 6) is -1.44. The van der Waals surface area contributed by atoms with Crippen molar-refractivity contribution in [3.8, 4) is 0 Å². The Kier molecular flexibility index (Phi) is 4.10. The van der Waals surface area contributed by atoms with Crippen LogP contribution in [-0.4, -0.2) is 22.0 Å². The van der Waals surface area contributed by atoms with Crippen LogP contribution in [0.1, 0.15) is 21.7 Å². The summed E-state index contributed by atoms with van der Waals surface area (Å²) in [6.07, 6.45) is 0.0863. The van der Waals surface area contributed by atoms with Gasteiger partial charge in [0.1, 0.15) is 5.69 Å². The molecule has 5 nitrogen and oxygen atoms in total. The van der Waals surface area contributed by atoms with Gasteiger partial charge in [0.15, 0.2) is 0 Å². The van der Waals surface area contributed by atoms with Crippen LogP contribution in [0.3, 0.4) is 0 Å². The Labute approximate surface area is 120 Å². The van der Waals surface area contributed by atoms with E-state index in [1.54, 1.807) is 37.3 Å². The largest absolute Gasteiger partial charge is 0.477 e. The highest BCUT2D eigenvalue weighted by atomic mass is 35.5. The van der Waals surface area contributed by atoms with Crippen LogP contribution in [0.4, 0.5) is 5.69 Å². The highest BCUT2D eigenvalue weighted by Gasteiger charge is 2.16. The quantitative estimate of drug-likeness (QED) is 0.810.